The molecule has 0 atom stereocenters. The average Bonchev–Trinajstić information content (AvgIpc) is 2.46. The predicted octanol–water partition coefficient (Wildman–Crippen LogP) is 2.69. The zero-order valence-corrected chi connectivity index (χ0v) is 13.1. The van der Waals surface area contributed by atoms with Gasteiger partial charge in [-0.3, -0.25) is 0 Å². The third-order valence-corrected chi connectivity index (χ3v) is 4.04. The zero-order valence-electron chi connectivity index (χ0n) is 12.3. The Labute approximate surface area is 133 Å². The van der Waals surface area contributed by atoms with E-state index in [4.69, 9.17) is 16.2 Å². The van der Waals surface area contributed by atoms with E-state index in [-0.39, 0.29) is 6.10 Å². The van der Waals surface area contributed by atoms with Crippen molar-refractivity contribution in [2.24, 2.45) is 11.5 Å². The number of hydrogen-bond donors (Lipinski definition) is 2. The lowest BCUT2D eigenvalue weighted by Crippen LogP contribution is -2.19. The Balaban J connectivity index is 2.65. The summed E-state index contributed by atoms with van der Waals surface area (Å²) < 4.78 is 5.80. The molecule has 1 aliphatic heterocycles. The minimum absolute atomic E-state index is 0.0298. The Morgan fingerprint density at radius 1 is 1.09 bits per heavy atom. The molecule has 0 fully saturated rings. The molecular weight excluding hydrogens is 296 g/mol. The first-order valence-electron chi connectivity index (χ1n) is 6.72. The Kier molecular flexibility index (Phi) is 4.65. The highest BCUT2D eigenvalue weighted by molar-refractivity contribution is 8.06. The number of nitrogens with two attached hydrogens (primary N) is 2. The van der Waals surface area contributed by atoms with Crippen molar-refractivity contribution in [1.29, 1.82) is 10.5 Å². The van der Waals surface area contributed by atoms with Gasteiger partial charge in [-0.05, 0) is 19.9 Å². The fraction of sp³-hybridized carbons (Fsp3) is 0.250. The maximum atomic E-state index is 9.45. The van der Waals surface area contributed by atoms with Gasteiger partial charge in [0.2, 0.25) is 0 Å². The van der Waals surface area contributed by atoms with Crippen molar-refractivity contribution in [3.05, 3.63) is 51.0 Å². The monoisotopic (exact) mass is 312 g/mol. The fourth-order valence-electron chi connectivity index (χ4n) is 2.29. The standard InChI is InChI=1S/C16H16N4OS/c1-9(2)21-13-6-4-3-5-10(13)14-11(7-17)15(19)22-16(20)12(14)8-18/h3-6,9,14H,19-20H2,1-2H3. The van der Waals surface area contributed by atoms with Crippen LogP contribution in [0.1, 0.15) is 25.3 Å². The van der Waals surface area contributed by atoms with Crippen LogP contribution in [0, 0.1) is 22.7 Å². The third-order valence-electron chi connectivity index (χ3n) is 3.16. The topological polar surface area (TPSA) is 109 Å². The van der Waals surface area contributed by atoms with Crippen LogP contribution >= 0.6 is 11.8 Å². The number of nitrogens with zero attached hydrogens (tertiary/aromatic N) is 2. The maximum Gasteiger partial charge on any atom is 0.123 e. The molecule has 5 nitrogen and oxygen atoms in total. The van der Waals surface area contributed by atoms with Crippen LogP contribution in [-0.4, -0.2) is 6.10 Å². The van der Waals surface area contributed by atoms with Gasteiger partial charge in [0.25, 0.3) is 0 Å². The van der Waals surface area contributed by atoms with Gasteiger partial charge in [0.15, 0.2) is 0 Å². The van der Waals surface area contributed by atoms with E-state index in [0.717, 1.165) is 17.3 Å². The second-order valence-corrected chi connectivity index (χ2v) is 6.10. The van der Waals surface area contributed by atoms with Gasteiger partial charge in [-0.2, -0.15) is 10.5 Å². The number of allylic oxidation sites excluding steroid dienone is 2. The average molecular weight is 312 g/mol. The van der Waals surface area contributed by atoms with E-state index in [1.165, 1.54) is 0 Å². The van der Waals surface area contributed by atoms with E-state index in [1.807, 2.05) is 38.1 Å². The summed E-state index contributed by atoms with van der Waals surface area (Å²) in [6, 6.07) is 11.5. The molecule has 0 amide bonds. The van der Waals surface area contributed by atoms with Crippen LogP contribution in [-0.2, 0) is 0 Å². The molecule has 0 aliphatic carbocycles. The number of nitriles is 2. The highest BCUT2D eigenvalue weighted by Crippen LogP contribution is 2.45. The quantitative estimate of drug-likeness (QED) is 0.888. The van der Waals surface area contributed by atoms with Crippen LogP contribution in [0.15, 0.2) is 45.5 Å². The van der Waals surface area contributed by atoms with E-state index in [2.05, 4.69) is 12.1 Å². The van der Waals surface area contributed by atoms with Crippen LogP contribution in [0.2, 0.25) is 0 Å². The molecule has 1 aliphatic rings. The van der Waals surface area contributed by atoms with Gasteiger partial charge in [-0.15, -0.1) is 0 Å². The van der Waals surface area contributed by atoms with E-state index in [1.54, 1.807) is 0 Å². The number of benzene rings is 1. The van der Waals surface area contributed by atoms with Crippen LogP contribution < -0.4 is 16.2 Å². The summed E-state index contributed by atoms with van der Waals surface area (Å²) in [5.41, 5.74) is 13.2. The van der Waals surface area contributed by atoms with Gasteiger partial charge in [-0.25, -0.2) is 0 Å². The number of para-hydroxylation sites is 1. The molecule has 112 valence electrons. The van der Waals surface area contributed by atoms with Gasteiger partial charge >= 0.3 is 0 Å². The molecule has 1 aromatic rings. The SMILES string of the molecule is CC(C)Oc1ccccc1C1C(C#N)=C(N)SC(N)=C1C#N. The molecule has 22 heavy (non-hydrogen) atoms. The number of hydrogen-bond acceptors (Lipinski definition) is 6. The smallest absolute Gasteiger partial charge is 0.123 e. The van der Waals surface area contributed by atoms with E-state index >= 15 is 0 Å². The summed E-state index contributed by atoms with van der Waals surface area (Å²) >= 11 is 1.05. The van der Waals surface area contributed by atoms with E-state index < -0.39 is 5.92 Å². The van der Waals surface area contributed by atoms with Crippen molar-refractivity contribution in [2.45, 2.75) is 25.9 Å². The third kappa shape index (κ3) is 2.88. The molecule has 1 heterocycles. The van der Waals surface area contributed by atoms with Crippen molar-refractivity contribution >= 4 is 11.8 Å². The molecule has 0 unspecified atom stereocenters. The largest absolute Gasteiger partial charge is 0.491 e. The summed E-state index contributed by atoms with van der Waals surface area (Å²) in [6.07, 6.45) is -0.0298. The molecule has 2 rings (SSSR count). The molecular formula is C16H16N4OS. The lowest BCUT2D eigenvalue weighted by molar-refractivity contribution is 0.239. The fourth-order valence-corrected chi connectivity index (χ4v) is 3.07. The molecule has 0 radical (unpaired) electrons. The summed E-state index contributed by atoms with van der Waals surface area (Å²) in [4.78, 5) is 0. The molecule has 0 saturated heterocycles. The van der Waals surface area contributed by atoms with Crippen molar-refractivity contribution in [1.82, 2.24) is 0 Å². The Bertz CT molecular complexity index is 701. The van der Waals surface area contributed by atoms with E-state index in [9.17, 15) is 10.5 Å². The molecule has 0 saturated carbocycles. The van der Waals surface area contributed by atoms with Gasteiger partial charge in [0, 0.05) is 5.56 Å². The Morgan fingerprint density at radius 3 is 2.14 bits per heavy atom. The highest BCUT2D eigenvalue weighted by atomic mass is 32.2. The second kappa shape index (κ2) is 6.46. The molecule has 0 aromatic heterocycles. The van der Waals surface area contributed by atoms with E-state index in [0.29, 0.717) is 27.0 Å². The predicted molar refractivity (Wildman–Crippen MR) is 86.2 cm³/mol. The summed E-state index contributed by atoms with van der Waals surface area (Å²) in [5.74, 6) is 0.0294. The van der Waals surface area contributed by atoms with Gasteiger partial charge < -0.3 is 16.2 Å². The van der Waals surface area contributed by atoms with Gasteiger partial charge in [-0.1, -0.05) is 30.0 Å². The Morgan fingerprint density at radius 2 is 1.64 bits per heavy atom. The molecule has 1 aromatic carbocycles. The lowest BCUT2D eigenvalue weighted by atomic mass is 9.85. The molecule has 0 bridgehead atoms. The van der Waals surface area contributed by atoms with Crippen molar-refractivity contribution < 1.29 is 4.74 Å². The van der Waals surface area contributed by atoms with Crippen molar-refractivity contribution in [2.75, 3.05) is 0 Å². The minimum Gasteiger partial charge on any atom is -0.491 e. The first-order valence-corrected chi connectivity index (χ1v) is 7.54. The van der Waals surface area contributed by atoms with Crippen LogP contribution in [0.5, 0.6) is 5.75 Å². The zero-order chi connectivity index (χ0) is 16.3. The van der Waals surface area contributed by atoms with Crippen LogP contribution in [0.4, 0.5) is 0 Å². The number of thioether (sulfide) groups is 1. The second-order valence-electron chi connectivity index (χ2n) is 5.02. The lowest BCUT2D eigenvalue weighted by Gasteiger charge is -2.25. The first kappa shape index (κ1) is 15.8. The summed E-state index contributed by atoms with van der Waals surface area (Å²) in [6.45, 7) is 3.83. The first-order chi connectivity index (χ1) is 10.5. The summed E-state index contributed by atoms with van der Waals surface area (Å²) in [5, 5.41) is 19.5. The molecule has 4 N–H and O–H groups in total. The Hall–Kier alpha value is -2.57. The summed E-state index contributed by atoms with van der Waals surface area (Å²) in [7, 11) is 0. The van der Waals surface area contributed by atoms with Crippen LogP contribution in [0.25, 0.3) is 0 Å². The molecule has 6 heteroatoms. The number of ether oxygens (including phenoxy) is 1. The maximum absolute atomic E-state index is 9.45. The number of rotatable bonds is 3. The van der Waals surface area contributed by atoms with Crippen molar-refractivity contribution in [3.8, 4) is 17.9 Å². The highest BCUT2D eigenvalue weighted by Gasteiger charge is 2.33. The van der Waals surface area contributed by atoms with Crippen LogP contribution in [0.3, 0.4) is 0 Å². The van der Waals surface area contributed by atoms with Gasteiger partial charge in [0.05, 0.1) is 45.4 Å². The van der Waals surface area contributed by atoms with Gasteiger partial charge in [0.1, 0.15) is 5.75 Å². The minimum atomic E-state index is -0.591. The normalized spacial score (nSPS) is 15.7. The van der Waals surface area contributed by atoms with Crippen molar-refractivity contribution in [3.63, 3.8) is 0 Å². The molecule has 0 spiro atoms.